The monoisotopic (exact) mass is 364 g/mol. The first-order valence-corrected chi connectivity index (χ1v) is 8.89. The van der Waals surface area contributed by atoms with Crippen molar-refractivity contribution in [2.75, 3.05) is 39.1 Å². The number of hydrogen-bond donors (Lipinski definition) is 2. The first kappa shape index (κ1) is 17.7. The van der Waals surface area contributed by atoms with Gasteiger partial charge in [0.1, 0.15) is 5.75 Å². The summed E-state index contributed by atoms with van der Waals surface area (Å²) in [5.41, 5.74) is 10.2. The van der Waals surface area contributed by atoms with Crippen molar-refractivity contribution >= 4 is 29.2 Å². The van der Waals surface area contributed by atoms with Crippen LogP contribution in [0.2, 0.25) is 0 Å². The second-order valence-electron chi connectivity index (χ2n) is 6.32. The van der Waals surface area contributed by atoms with E-state index in [9.17, 15) is 0 Å². The van der Waals surface area contributed by atoms with E-state index in [0.29, 0.717) is 18.9 Å². The maximum absolute atomic E-state index is 5.98. The minimum absolute atomic E-state index is 0.396. The van der Waals surface area contributed by atoms with Crippen LogP contribution in [0.5, 0.6) is 5.75 Å². The third-order valence-corrected chi connectivity index (χ3v) is 4.57. The van der Waals surface area contributed by atoms with Gasteiger partial charge in [0.2, 0.25) is 0 Å². The number of nitrogens with zero attached hydrogens (tertiary/aromatic N) is 2. The molecule has 8 heteroatoms. The summed E-state index contributed by atoms with van der Waals surface area (Å²) in [5, 5.41) is 12.3. The Labute approximate surface area is 158 Å². The van der Waals surface area contributed by atoms with Gasteiger partial charge in [-0.25, -0.2) is 0 Å². The van der Waals surface area contributed by atoms with E-state index >= 15 is 0 Å². The van der Waals surface area contributed by atoms with Crippen LogP contribution in [0, 0.1) is 0 Å². The second kappa shape index (κ2) is 7.91. The molecule has 0 saturated carbocycles. The molecule has 4 rings (SSSR count). The predicted octanol–water partition coefficient (Wildman–Crippen LogP) is 1.22. The zero-order valence-electron chi connectivity index (χ0n) is 15.1. The smallest absolute Gasteiger partial charge is 0.493 e. The zero-order chi connectivity index (χ0) is 18.6. The van der Waals surface area contributed by atoms with Crippen LogP contribution in [0.3, 0.4) is 0 Å². The van der Waals surface area contributed by atoms with E-state index in [4.69, 9.17) is 19.8 Å². The first-order chi connectivity index (χ1) is 13.3. The van der Waals surface area contributed by atoms with Gasteiger partial charge in [0, 0.05) is 37.3 Å². The Kier molecular flexibility index (Phi) is 5.20. The first-order valence-electron chi connectivity index (χ1n) is 8.89. The fourth-order valence-electron chi connectivity index (χ4n) is 3.19. The third-order valence-electron chi connectivity index (χ3n) is 4.57. The molecule has 3 aromatic rings. The molecule has 27 heavy (non-hydrogen) atoms. The number of nitrogens with one attached hydrogen (secondary N) is 1. The number of nitrogen functional groups attached to an aromatic ring is 1. The quantitative estimate of drug-likeness (QED) is 0.675. The summed E-state index contributed by atoms with van der Waals surface area (Å²) >= 11 is 0. The topological polar surface area (TPSA) is 91.5 Å². The molecular formula is C19H21BN4O3. The Morgan fingerprint density at radius 2 is 1.93 bits per heavy atom. The van der Waals surface area contributed by atoms with Crippen molar-refractivity contribution in [1.82, 2.24) is 15.5 Å². The molecule has 1 saturated heterocycles. The molecule has 1 aliphatic heterocycles. The van der Waals surface area contributed by atoms with Gasteiger partial charge in [-0.2, -0.15) is 10.2 Å². The molecule has 0 amide bonds. The largest absolute Gasteiger partial charge is 0.496 e. The lowest BCUT2D eigenvalue weighted by atomic mass is 9.77. The molecule has 2 aromatic carbocycles. The Hall–Kier alpha value is -2.68. The average Bonchev–Trinajstić information content (AvgIpc) is 2.67. The van der Waals surface area contributed by atoms with E-state index in [1.54, 1.807) is 13.3 Å². The predicted molar refractivity (Wildman–Crippen MR) is 106 cm³/mol. The summed E-state index contributed by atoms with van der Waals surface area (Å²) < 4.78 is 17.3. The van der Waals surface area contributed by atoms with Gasteiger partial charge in [0.05, 0.1) is 24.5 Å². The molecule has 3 N–H and O–H groups in total. The second-order valence-corrected chi connectivity index (χ2v) is 6.32. The summed E-state index contributed by atoms with van der Waals surface area (Å²) in [5.74, 6) is 0.766. The van der Waals surface area contributed by atoms with Crippen LogP contribution < -0.4 is 21.3 Å². The lowest BCUT2D eigenvalue weighted by Crippen LogP contribution is -2.43. The normalized spacial score (nSPS) is 15.4. The Balaban J connectivity index is 1.74. The molecule has 0 radical (unpaired) electrons. The number of aromatic nitrogens is 2. The van der Waals surface area contributed by atoms with Crippen LogP contribution in [0.15, 0.2) is 42.6 Å². The van der Waals surface area contributed by atoms with Gasteiger partial charge in [-0.1, -0.05) is 18.2 Å². The van der Waals surface area contributed by atoms with Crippen LogP contribution in [0.1, 0.15) is 0 Å². The molecule has 0 spiro atoms. The van der Waals surface area contributed by atoms with Crippen molar-refractivity contribution in [2.45, 2.75) is 0 Å². The number of ether oxygens (including phenoxy) is 1. The number of methoxy groups -OCH3 is 1. The van der Waals surface area contributed by atoms with Gasteiger partial charge in [-0.15, -0.1) is 0 Å². The average molecular weight is 364 g/mol. The Bertz CT molecular complexity index is 945. The maximum Gasteiger partial charge on any atom is 0.493 e. The number of hydrogen-bond acceptors (Lipinski definition) is 7. The highest BCUT2D eigenvalue weighted by atomic mass is 16.6. The molecule has 2 heterocycles. The molecule has 1 aromatic heterocycles. The SMILES string of the molecule is COc1ccc(B2OCCNCCO2)cc1-c1ccc2c(N)cnnc2c1. The van der Waals surface area contributed by atoms with Crippen molar-refractivity contribution in [3.05, 3.63) is 42.6 Å². The van der Waals surface area contributed by atoms with Gasteiger partial charge in [0.15, 0.2) is 0 Å². The lowest BCUT2D eigenvalue weighted by molar-refractivity contribution is 0.187. The molecule has 0 bridgehead atoms. The van der Waals surface area contributed by atoms with Crippen molar-refractivity contribution < 1.29 is 14.0 Å². The van der Waals surface area contributed by atoms with E-state index in [2.05, 4.69) is 15.5 Å². The van der Waals surface area contributed by atoms with Crippen LogP contribution in [-0.4, -0.2) is 50.7 Å². The summed E-state index contributed by atoms with van der Waals surface area (Å²) in [6.45, 7) is 2.81. The summed E-state index contributed by atoms with van der Waals surface area (Å²) in [6.07, 6.45) is 1.56. The highest BCUT2D eigenvalue weighted by Crippen LogP contribution is 2.31. The molecular weight excluding hydrogens is 343 g/mol. The third kappa shape index (κ3) is 3.73. The Morgan fingerprint density at radius 3 is 2.70 bits per heavy atom. The van der Waals surface area contributed by atoms with Gasteiger partial charge >= 0.3 is 7.12 Å². The fourth-order valence-corrected chi connectivity index (χ4v) is 3.19. The number of rotatable bonds is 3. The fraction of sp³-hybridized carbons (Fsp3) is 0.263. The van der Waals surface area contributed by atoms with Gasteiger partial charge in [0.25, 0.3) is 0 Å². The van der Waals surface area contributed by atoms with E-state index in [1.807, 2.05) is 36.4 Å². The van der Waals surface area contributed by atoms with E-state index < -0.39 is 7.12 Å². The van der Waals surface area contributed by atoms with Crippen LogP contribution in [0.25, 0.3) is 22.0 Å². The molecule has 7 nitrogen and oxygen atoms in total. The highest BCUT2D eigenvalue weighted by Gasteiger charge is 2.24. The van der Waals surface area contributed by atoms with E-state index in [-0.39, 0.29) is 0 Å². The molecule has 138 valence electrons. The molecule has 0 aliphatic carbocycles. The highest BCUT2D eigenvalue weighted by molar-refractivity contribution is 6.61. The van der Waals surface area contributed by atoms with Crippen molar-refractivity contribution in [3.63, 3.8) is 0 Å². The van der Waals surface area contributed by atoms with Crippen molar-refractivity contribution in [3.8, 4) is 16.9 Å². The molecule has 0 unspecified atom stereocenters. The standard InChI is InChI=1S/C19H21BN4O3/c1-25-19-5-3-14(20-26-8-6-22-7-9-27-20)11-16(19)13-2-4-15-17(21)12-23-24-18(15)10-13/h2-5,10-12,22H,6-9H2,1H3,(H2,21,24). The minimum Gasteiger partial charge on any atom is -0.496 e. The summed E-state index contributed by atoms with van der Waals surface area (Å²) in [6, 6.07) is 11.9. The van der Waals surface area contributed by atoms with Gasteiger partial charge < -0.3 is 25.1 Å². The molecule has 0 atom stereocenters. The number of fused-ring (bicyclic) bond motifs is 1. The van der Waals surface area contributed by atoms with Crippen LogP contribution >= 0.6 is 0 Å². The summed E-state index contributed by atoms with van der Waals surface area (Å²) in [4.78, 5) is 0. The van der Waals surface area contributed by atoms with E-state index in [0.717, 1.165) is 46.3 Å². The minimum atomic E-state index is -0.396. The molecule has 1 aliphatic rings. The van der Waals surface area contributed by atoms with Crippen LogP contribution in [0.4, 0.5) is 5.69 Å². The van der Waals surface area contributed by atoms with Crippen molar-refractivity contribution in [1.29, 1.82) is 0 Å². The number of anilines is 1. The summed E-state index contributed by atoms with van der Waals surface area (Å²) in [7, 11) is 1.26. The number of nitrogens with two attached hydrogens (primary N) is 1. The van der Waals surface area contributed by atoms with Gasteiger partial charge in [-0.05, 0) is 29.2 Å². The van der Waals surface area contributed by atoms with E-state index in [1.165, 1.54) is 0 Å². The lowest BCUT2D eigenvalue weighted by Gasteiger charge is -2.20. The van der Waals surface area contributed by atoms with Gasteiger partial charge in [-0.3, -0.25) is 0 Å². The molecule has 1 fully saturated rings. The van der Waals surface area contributed by atoms with Crippen LogP contribution in [-0.2, 0) is 9.31 Å². The maximum atomic E-state index is 5.98. The Morgan fingerprint density at radius 1 is 1.11 bits per heavy atom. The number of benzene rings is 2. The van der Waals surface area contributed by atoms with Crippen molar-refractivity contribution in [2.24, 2.45) is 0 Å². The zero-order valence-corrected chi connectivity index (χ0v) is 15.1.